The monoisotopic (exact) mass is 1050 g/mol. The summed E-state index contributed by atoms with van der Waals surface area (Å²) >= 11 is 0. The lowest BCUT2D eigenvalue weighted by Crippen LogP contribution is -2.50. The molecule has 77 heavy (non-hydrogen) atoms. The first-order valence-corrected chi connectivity index (χ1v) is 29.1. The van der Waals surface area contributed by atoms with Crippen LogP contribution in [0.3, 0.4) is 0 Å². The molecule has 11 nitrogen and oxygen atoms in total. The van der Waals surface area contributed by atoms with Crippen molar-refractivity contribution in [1.29, 1.82) is 0 Å². The predicted molar refractivity (Wildman–Crippen MR) is 299 cm³/mol. The summed E-state index contributed by atoms with van der Waals surface area (Å²) in [6.45, 7) is 12.9. The van der Waals surface area contributed by atoms with Crippen LogP contribution in [-0.4, -0.2) is 111 Å². The lowest BCUT2D eigenvalue weighted by Gasteiger charge is -2.52. The molecule has 0 aromatic heterocycles. The third-order valence-electron chi connectivity index (χ3n) is 19.5. The highest BCUT2D eigenvalue weighted by Crippen LogP contribution is 2.65. The number of aryl methyl sites for hydroxylation is 2. The van der Waals surface area contributed by atoms with Crippen molar-refractivity contribution in [3.05, 3.63) is 129 Å². The molecule has 4 aromatic rings. The van der Waals surface area contributed by atoms with Crippen molar-refractivity contribution in [3.8, 4) is 35.2 Å². The molecule has 4 saturated carbocycles. The summed E-state index contributed by atoms with van der Waals surface area (Å²) in [7, 11) is 0. The summed E-state index contributed by atoms with van der Waals surface area (Å²) in [4.78, 5) is 0. The van der Waals surface area contributed by atoms with Gasteiger partial charge in [0.15, 0.2) is 0 Å². The lowest BCUT2D eigenvalue weighted by molar-refractivity contribution is -0.0648. The van der Waals surface area contributed by atoms with E-state index in [1.165, 1.54) is 33.4 Å². The van der Waals surface area contributed by atoms with E-state index >= 15 is 0 Å². The largest absolute Gasteiger partial charge is 0.508 e. The number of phenolic OH excluding ortho intramolecular Hbond substituents is 2. The Labute approximate surface area is 458 Å². The number of phenols is 2. The number of aromatic hydroxyl groups is 2. The van der Waals surface area contributed by atoms with Crippen molar-refractivity contribution in [1.82, 2.24) is 10.6 Å². The highest BCUT2D eigenvalue weighted by Gasteiger charge is 2.62. The van der Waals surface area contributed by atoms with E-state index in [0.717, 1.165) is 114 Å². The van der Waals surface area contributed by atoms with E-state index in [1.54, 1.807) is 0 Å². The molecule has 4 fully saturated rings. The summed E-state index contributed by atoms with van der Waals surface area (Å²) < 4.78 is 28.4. The van der Waals surface area contributed by atoms with Crippen LogP contribution in [0.25, 0.3) is 0 Å². The summed E-state index contributed by atoms with van der Waals surface area (Å²) in [6.07, 6.45) is 11.8. The fraction of sp³-hybridized carbons (Fsp3) is 0.576. The molecule has 0 amide bonds. The molecule has 0 bridgehead atoms. The van der Waals surface area contributed by atoms with Gasteiger partial charge in [-0.05, 0) is 194 Å². The van der Waals surface area contributed by atoms with E-state index in [1.807, 2.05) is 24.3 Å². The Balaban J connectivity index is 0.506. The normalized spacial score (nSPS) is 29.6. The van der Waals surface area contributed by atoms with E-state index < -0.39 is 11.2 Å². The fourth-order valence-corrected chi connectivity index (χ4v) is 15.1. The maximum atomic E-state index is 12.0. The molecule has 10 rings (SSSR count). The number of rotatable bonds is 22. The van der Waals surface area contributed by atoms with Crippen LogP contribution >= 0.6 is 0 Å². The lowest BCUT2D eigenvalue weighted by atomic mass is 9.53. The van der Waals surface area contributed by atoms with E-state index in [4.69, 9.17) is 23.7 Å². The first-order chi connectivity index (χ1) is 37.5. The van der Waals surface area contributed by atoms with Gasteiger partial charge >= 0.3 is 0 Å². The standard InChI is InChI=1S/C66H84N2O9/c1-63-25-21-57-55-17-13-53(69)43-51(55)11-15-59(57)61(63)23-29-65(63,71)27-19-47-3-7-49(8-4-47)45-67-31-33-73-35-37-75-39-41-77-42-40-76-38-36-74-34-32-68-46-50-9-5-48(6-10-50)20-28-66(72)30-24-62-60-16-12-52-44-54(70)14-18-56(52)58(60)22-26-64(62,66)2/h3-10,13-14,17-18,43-44,57-62,67-72H,11-12,15-16,21-26,29-42,45-46H2,1-2H3/t57-,58-,59-,60-,61+,62+,63+,64+,65+,66+/m1/s1. The van der Waals surface area contributed by atoms with Crippen LogP contribution in [0.1, 0.15) is 134 Å². The number of benzene rings is 4. The SMILES string of the molecule is C[C@]12CC[C@@H]3c4ccc(O)cc4CC[C@H]3[C@@H]1CC[C@@]2(O)C#Cc1ccc(CNCCOCCOCCOCCOCCOCCNCc2ccc(C#C[C@]3(O)CC[C@H]4[C@@H]5CCc6cc(O)ccc6[C@H]5CC[C@@]43C)cc2)cc1. The number of hydrogen-bond acceptors (Lipinski definition) is 11. The van der Waals surface area contributed by atoms with E-state index in [0.29, 0.717) is 113 Å². The molecule has 0 saturated heterocycles. The molecule has 0 aliphatic heterocycles. The molecule has 0 unspecified atom stereocenters. The summed E-state index contributed by atoms with van der Waals surface area (Å²) in [5.41, 5.74) is 7.26. The second kappa shape index (κ2) is 25.1. The third-order valence-corrected chi connectivity index (χ3v) is 19.5. The molecule has 0 radical (unpaired) electrons. The zero-order chi connectivity index (χ0) is 53.3. The molecule has 6 aliphatic carbocycles. The second-order valence-electron chi connectivity index (χ2n) is 23.6. The average molecular weight is 1050 g/mol. The van der Waals surface area contributed by atoms with Gasteiger partial charge in [0.25, 0.3) is 0 Å². The number of fused-ring (bicyclic) bond motifs is 10. The van der Waals surface area contributed by atoms with Gasteiger partial charge in [-0.25, -0.2) is 0 Å². The fourth-order valence-electron chi connectivity index (χ4n) is 15.1. The van der Waals surface area contributed by atoms with Gasteiger partial charge in [0.1, 0.15) is 22.7 Å². The van der Waals surface area contributed by atoms with Gasteiger partial charge in [0, 0.05) is 48.1 Å². The highest BCUT2D eigenvalue weighted by molar-refractivity contribution is 5.45. The van der Waals surface area contributed by atoms with Gasteiger partial charge in [-0.15, -0.1) is 0 Å². The van der Waals surface area contributed by atoms with Crippen molar-refractivity contribution in [2.75, 3.05) is 79.2 Å². The number of ether oxygens (including phenoxy) is 5. The van der Waals surface area contributed by atoms with Crippen LogP contribution in [0.15, 0.2) is 84.9 Å². The minimum atomic E-state index is -0.980. The summed E-state index contributed by atoms with van der Waals surface area (Å²) in [6, 6.07) is 28.5. The molecular formula is C66H84N2O9. The van der Waals surface area contributed by atoms with Gasteiger partial charge in [0.2, 0.25) is 0 Å². The topological polar surface area (TPSA) is 151 Å². The van der Waals surface area contributed by atoms with E-state index in [-0.39, 0.29) is 10.8 Å². The van der Waals surface area contributed by atoms with Gasteiger partial charge < -0.3 is 54.7 Å². The van der Waals surface area contributed by atoms with Gasteiger partial charge in [-0.2, -0.15) is 0 Å². The van der Waals surface area contributed by atoms with Crippen LogP contribution in [0.4, 0.5) is 0 Å². The van der Waals surface area contributed by atoms with E-state index in [2.05, 4.69) is 109 Å². The molecule has 10 atom stereocenters. The molecular weight excluding hydrogens is 965 g/mol. The Morgan fingerprint density at radius 3 is 1.23 bits per heavy atom. The molecule has 4 aromatic carbocycles. The maximum Gasteiger partial charge on any atom is 0.131 e. The molecule has 6 aliphatic rings. The third kappa shape index (κ3) is 12.5. The van der Waals surface area contributed by atoms with Crippen LogP contribution in [-0.2, 0) is 49.6 Å². The van der Waals surface area contributed by atoms with Crippen molar-refractivity contribution in [3.63, 3.8) is 0 Å². The quantitative estimate of drug-likeness (QED) is 0.0330. The zero-order valence-corrected chi connectivity index (χ0v) is 45.8. The molecule has 11 heteroatoms. The van der Waals surface area contributed by atoms with Crippen molar-refractivity contribution < 1.29 is 44.1 Å². The Morgan fingerprint density at radius 2 is 0.844 bits per heavy atom. The highest BCUT2D eigenvalue weighted by atomic mass is 16.6. The summed E-state index contributed by atoms with van der Waals surface area (Å²) in [5, 5.41) is 51.1. The minimum absolute atomic E-state index is 0.209. The van der Waals surface area contributed by atoms with Crippen LogP contribution in [0.2, 0.25) is 0 Å². The molecule has 6 N–H and O–H groups in total. The van der Waals surface area contributed by atoms with Crippen LogP contribution in [0.5, 0.6) is 11.5 Å². The Bertz CT molecular complexity index is 2540. The van der Waals surface area contributed by atoms with Gasteiger partial charge in [-0.1, -0.05) is 73.9 Å². The Hall–Kier alpha value is -4.76. The average Bonchev–Trinajstić information content (AvgIpc) is 4.08. The number of aliphatic hydroxyl groups is 2. The molecule has 0 spiro atoms. The number of nitrogens with one attached hydrogen (secondary N) is 2. The van der Waals surface area contributed by atoms with Crippen molar-refractivity contribution in [2.45, 2.75) is 127 Å². The summed E-state index contributed by atoms with van der Waals surface area (Å²) in [5.74, 6) is 17.3. The first-order valence-electron chi connectivity index (χ1n) is 29.1. The Morgan fingerprint density at radius 1 is 0.468 bits per heavy atom. The second-order valence-corrected chi connectivity index (χ2v) is 23.6. The Kier molecular flexibility index (Phi) is 18.1. The van der Waals surface area contributed by atoms with Crippen molar-refractivity contribution in [2.24, 2.45) is 34.5 Å². The predicted octanol–water partition coefficient (Wildman–Crippen LogP) is 9.34. The van der Waals surface area contributed by atoms with Crippen LogP contribution < -0.4 is 10.6 Å². The van der Waals surface area contributed by atoms with Gasteiger partial charge in [0.05, 0.1) is 66.1 Å². The van der Waals surface area contributed by atoms with Crippen LogP contribution in [0, 0.1) is 58.2 Å². The molecule has 412 valence electrons. The smallest absolute Gasteiger partial charge is 0.131 e. The maximum absolute atomic E-state index is 12.0. The molecule has 0 heterocycles. The zero-order valence-electron chi connectivity index (χ0n) is 45.8. The van der Waals surface area contributed by atoms with Crippen molar-refractivity contribution >= 4 is 0 Å². The first kappa shape index (κ1) is 55.6. The van der Waals surface area contributed by atoms with Gasteiger partial charge in [-0.3, -0.25) is 0 Å². The minimum Gasteiger partial charge on any atom is -0.508 e. The number of hydrogen-bond donors (Lipinski definition) is 6. The van der Waals surface area contributed by atoms with E-state index in [9.17, 15) is 20.4 Å².